The molecule has 2 aromatic carbocycles. The number of carbonyl (C=O) groups is 2. The molecule has 2 aromatic rings. The van der Waals surface area contributed by atoms with Crippen molar-refractivity contribution in [2.45, 2.75) is 32.0 Å². The lowest BCUT2D eigenvalue weighted by Gasteiger charge is -2.29. The van der Waals surface area contributed by atoms with Crippen LogP contribution in [0.1, 0.15) is 41.8 Å². The molecule has 1 atom stereocenters. The van der Waals surface area contributed by atoms with Crippen LogP contribution in [0.2, 0.25) is 10.0 Å². The van der Waals surface area contributed by atoms with Gasteiger partial charge in [0.05, 0.1) is 12.3 Å². The molecule has 0 bridgehead atoms. The molecule has 3 rings (SSSR count). The maximum Gasteiger partial charge on any atom is 0.435 e. The van der Waals surface area contributed by atoms with E-state index in [1.807, 2.05) is 0 Å². The van der Waals surface area contributed by atoms with Crippen LogP contribution in [0.5, 0.6) is 0 Å². The van der Waals surface area contributed by atoms with Gasteiger partial charge in [0.15, 0.2) is 0 Å². The summed E-state index contributed by atoms with van der Waals surface area (Å²) >= 11 is 11.8. The predicted octanol–water partition coefficient (Wildman–Crippen LogP) is 6.19. The first-order chi connectivity index (χ1) is 15.5. The van der Waals surface area contributed by atoms with Gasteiger partial charge in [0.2, 0.25) is 0 Å². The molecule has 1 heterocycles. The zero-order valence-electron chi connectivity index (χ0n) is 17.6. The summed E-state index contributed by atoms with van der Waals surface area (Å²) in [5.41, 5.74) is -2.51. The SMILES string of the molecule is CCOC(=O)N(CC)C(=O)c1ccc(C2=NOC(c3cc(Cl)cc(Cl)c3)(C(F)(F)F)C2)cc1. The molecule has 0 saturated heterocycles. The first-order valence-corrected chi connectivity index (χ1v) is 10.7. The minimum Gasteiger partial charge on any atom is -0.449 e. The van der Waals surface area contributed by atoms with Gasteiger partial charge < -0.3 is 9.57 Å². The fourth-order valence-corrected chi connectivity index (χ4v) is 3.89. The van der Waals surface area contributed by atoms with Crippen molar-refractivity contribution in [2.24, 2.45) is 5.16 Å². The van der Waals surface area contributed by atoms with Crippen LogP contribution in [0.3, 0.4) is 0 Å². The third-order valence-corrected chi connectivity index (χ3v) is 5.47. The van der Waals surface area contributed by atoms with Gasteiger partial charge in [-0.25, -0.2) is 9.69 Å². The molecule has 0 N–H and O–H groups in total. The fourth-order valence-electron chi connectivity index (χ4n) is 3.36. The van der Waals surface area contributed by atoms with Crippen molar-refractivity contribution in [3.05, 3.63) is 69.2 Å². The largest absolute Gasteiger partial charge is 0.449 e. The van der Waals surface area contributed by atoms with Gasteiger partial charge in [-0.05, 0) is 49.7 Å². The van der Waals surface area contributed by atoms with Gasteiger partial charge in [-0.2, -0.15) is 13.2 Å². The van der Waals surface area contributed by atoms with Crippen LogP contribution in [0, 0.1) is 0 Å². The second-order valence-electron chi connectivity index (χ2n) is 7.11. The van der Waals surface area contributed by atoms with Crippen LogP contribution >= 0.6 is 23.2 Å². The molecule has 1 aliphatic rings. The highest BCUT2D eigenvalue weighted by atomic mass is 35.5. The van der Waals surface area contributed by atoms with Crippen LogP contribution in [0.15, 0.2) is 47.6 Å². The van der Waals surface area contributed by atoms with Crippen molar-refractivity contribution in [1.82, 2.24) is 4.90 Å². The Morgan fingerprint density at radius 2 is 1.73 bits per heavy atom. The maximum atomic E-state index is 14.1. The lowest BCUT2D eigenvalue weighted by molar-refractivity contribution is -0.275. The quantitative estimate of drug-likeness (QED) is 0.488. The van der Waals surface area contributed by atoms with E-state index in [9.17, 15) is 22.8 Å². The van der Waals surface area contributed by atoms with E-state index in [4.69, 9.17) is 32.8 Å². The van der Waals surface area contributed by atoms with Gasteiger partial charge in [-0.3, -0.25) is 4.79 Å². The Morgan fingerprint density at radius 3 is 2.24 bits per heavy atom. The van der Waals surface area contributed by atoms with E-state index in [1.54, 1.807) is 13.8 Å². The molecule has 1 aliphatic heterocycles. The summed E-state index contributed by atoms with van der Waals surface area (Å²) in [6.07, 6.45) is -6.22. The Bertz CT molecular complexity index is 1070. The zero-order chi connectivity index (χ0) is 24.4. The predicted molar refractivity (Wildman–Crippen MR) is 117 cm³/mol. The maximum absolute atomic E-state index is 14.1. The summed E-state index contributed by atoms with van der Waals surface area (Å²) in [6.45, 7) is 3.44. The normalized spacial score (nSPS) is 17.8. The van der Waals surface area contributed by atoms with Crippen LogP contribution in [0.25, 0.3) is 0 Å². The fraction of sp³-hybridized carbons (Fsp3) is 0.318. The van der Waals surface area contributed by atoms with Crippen molar-refractivity contribution in [3.8, 4) is 0 Å². The second kappa shape index (κ2) is 9.61. The number of hydrogen-bond donors (Lipinski definition) is 0. The molecule has 33 heavy (non-hydrogen) atoms. The summed E-state index contributed by atoms with van der Waals surface area (Å²) < 4.78 is 47.2. The molecule has 0 aromatic heterocycles. The third-order valence-electron chi connectivity index (χ3n) is 5.03. The smallest absolute Gasteiger partial charge is 0.435 e. The summed E-state index contributed by atoms with van der Waals surface area (Å²) in [5, 5.41) is 3.74. The molecule has 11 heteroatoms. The Hall–Kier alpha value is -2.78. The van der Waals surface area contributed by atoms with Gasteiger partial charge in [0.25, 0.3) is 11.5 Å². The summed E-state index contributed by atoms with van der Waals surface area (Å²) in [5.74, 6) is -0.592. The van der Waals surface area contributed by atoms with Gasteiger partial charge in [0, 0.05) is 34.1 Å². The summed E-state index contributed by atoms with van der Waals surface area (Å²) in [7, 11) is 0. The van der Waals surface area contributed by atoms with Gasteiger partial charge in [-0.15, -0.1) is 0 Å². The zero-order valence-corrected chi connectivity index (χ0v) is 19.1. The number of rotatable bonds is 5. The van der Waals surface area contributed by atoms with Crippen LogP contribution < -0.4 is 0 Å². The number of imide groups is 1. The summed E-state index contributed by atoms with van der Waals surface area (Å²) in [4.78, 5) is 30.4. The van der Waals surface area contributed by atoms with E-state index >= 15 is 0 Å². The van der Waals surface area contributed by atoms with Crippen molar-refractivity contribution in [1.29, 1.82) is 0 Å². The number of amides is 2. The van der Waals surface area contributed by atoms with E-state index in [-0.39, 0.29) is 40.0 Å². The Labute approximate surface area is 197 Å². The number of carbonyl (C=O) groups excluding carboxylic acids is 2. The number of hydrogen-bond acceptors (Lipinski definition) is 5. The van der Waals surface area contributed by atoms with Crippen LogP contribution in [-0.4, -0.2) is 41.9 Å². The third kappa shape index (κ3) is 4.94. The van der Waals surface area contributed by atoms with Gasteiger partial charge in [0.1, 0.15) is 0 Å². The topological polar surface area (TPSA) is 68.2 Å². The Balaban J connectivity index is 1.86. The highest BCUT2D eigenvalue weighted by molar-refractivity contribution is 6.34. The van der Waals surface area contributed by atoms with Crippen LogP contribution in [0.4, 0.5) is 18.0 Å². The Kier molecular flexibility index (Phi) is 7.23. The number of benzene rings is 2. The van der Waals surface area contributed by atoms with Crippen molar-refractivity contribution in [3.63, 3.8) is 0 Å². The van der Waals surface area contributed by atoms with Crippen molar-refractivity contribution in [2.75, 3.05) is 13.2 Å². The van der Waals surface area contributed by atoms with Gasteiger partial charge >= 0.3 is 12.3 Å². The van der Waals surface area contributed by atoms with E-state index in [0.29, 0.717) is 5.56 Å². The molecule has 1 unspecified atom stereocenters. The number of oxime groups is 1. The van der Waals surface area contributed by atoms with Crippen molar-refractivity contribution < 1.29 is 32.3 Å². The number of nitrogens with zero attached hydrogens (tertiary/aromatic N) is 2. The highest BCUT2D eigenvalue weighted by Crippen LogP contribution is 2.49. The highest BCUT2D eigenvalue weighted by Gasteiger charge is 2.62. The molecular formula is C22H19Cl2F3N2O4. The van der Waals surface area contributed by atoms with Gasteiger partial charge in [-0.1, -0.05) is 40.5 Å². The monoisotopic (exact) mass is 502 g/mol. The number of halogens is 5. The van der Waals surface area contributed by atoms with Crippen molar-refractivity contribution >= 4 is 40.9 Å². The van der Waals surface area contributed by atoms with E-state index in [2.05, 4.69) is 5.16 Å². The minimum absolute atomic E-state index is 0.0279. The first-order valence-electron chi connectivity index (χ1n) is 9.89. The first kappa shape index (κ1) is 24.9. The minimum atomic E-state index is -4.82. The average Bonchev–Trinajstić information content (AvgIpc) is 3.21. The van der Waals surface area contributed by atoms with E-state index < -0.39 is 30.2 Å². The molecule has 0 saturated carbocycles. The summed E-state index contributed by atoms with van der Waals surface area (Å²) in [6, 6.07) is 9.25. The van der Waals surface area contributed by atoms with E-state index in [0.717, 1.165) is 17.0 Å². The number of alkyl halides is 3. The molecule has 0 fully saturated rings. The molecule has 176 valence electrons. The van der Waals surface area contributed by atoms with E-state index in [1.165, 1.54) is 30.3 Å². The molecule has 0 aliphatic carbocycles. The Morgan fingerprint density at radius 1 is 1.12 bits per heavy atom. The average molecular weight is 503 g/mol. The van der Waals surface area contributed by atoms with Crippen LogP contribution in [-0.2, 0) is 15.2 Å². The molecular weight excluding hydrogens is 484 g/mol. The molecule has 0 radical (unpaired) electrons. The lowest BCUT2D eigenvalue weighted by atomic mass is 9.86. The standard InChI is InChI=1S/C22H19Cl2F3N2O4/c1-3-29(20(31)32-4-2)19(30)14-7-5-13(6-8-14)18-12-21(33-28-18,22(25,26)27)15-9-16(23)11-17(24)10-15/h5-11H,3-4,12H2,1-2H3. The number of ether oxygens (including phenoxy) is 1. The lowest BCUT2D eigenvalue weighted by Crippen LogP contribution is -2.42. The second-order valence-corrected chi connectivity index (χ2v) is 7.99. The molecule has 0 spiro atoms. The molecule has 6 nitrogen and oxygen atoms in total. The molecule has 2 amide bonds.